The van der Waals surface area contributed by atoms with Gasteiger partial charge in [-0.1, -0.05) is 44.0 Å². The van der Waals surface area contributed by atoms with E-state index in [-0.39, 0.29) is 0 Å². The lowest BCUT2D eigenvalue weighted by atomic mass is 9.72. The van der Waals surface area contributed by atoms with Crippen LogP contribution in [-0.4, -0.2) is 6.04 Å². The molecule has 2 unspecified atom stereocenters. The smallest absolute Gasteiger partial charge is 0.132 e. The first-order valence-electron chi connectivity index (χ1n) is 7.53. The Hall–Kier alpha value is -1.33. The van der Waals surface area contributed by atoms with Gasteiger partial charge in [-0.15, -0.1) is 0 Å². The fraction of sp³-hybridized carbons (Fsp3) is 0.588. The summed E-state index contributed by atoms with van der Waals surface area (Å²) in [6, 6.07) is 11.6. The quantitative estimate of drug-likeness (QED) is 0.870. The van der Waals surface area contributed by atoms with E-state index < -0.39 is 5.54 Å². The van der Waals surface area contributed by atoms with Gasteiger partial charge in [0.15, 0.2) is 0 Å². The van der Waals surface area contributed by atoms with Gasteiger partial charge in [0.05, 0.1) is 6.07 Å². The molecule has 0 spiro atoms. The molecule has 1 fully saturated rings. The zero-order valence-corrected chi connectivity index (χ0v) is 11.7. The van der Waals surface area contributed by atoms with E-state index in [1.807, 2.05) is 0 Å². The molecule has 0 aliphatic heterocycles. The lowest BCUT2D eigenvalue weighted by Gasteiger charge is -2.38. The van der Waals surface area contributed by atoms with Gasteiger partial charge in [0, 0.05) is 6.04 Å². The lowest BCUT2D eigenvalue weighted by molar-refractivity contribution is 0.308. The van der Waals surface area contributed by atoms with Crippen LogP contribution in [0, 0.1) is 11.3 Å². The molecule has 2 aliphatic carbocycles. The highest BCUT2D eigenvalue weighted by Gasteiger charge is 2.40. The van der Waals surface area contributed by atoms with E-state index in [1.54, 1.807) is 0 Å². The van der Waals surface area contributed by atoms with Crippen LogP contribution in [0.1, 0.15) is 62.5 Å². The summed E-state index contributed by atoms with van der Waals surface area (Å²) >= 11 is 0. The number of nitrogens with zero attached hydrogens (tertiary/aromatic N) is 1. The molecule has 2 aliphatic rings. The van der Waals surface area contributed by atoms with Crippen LogP contribution >= 0.6 is 0 Å². The number of benzene rings is 1. The third-order valence-electron chi connectivity index (χ3n) is 4.90. The van der Waals surface area contributed by atoms with Gasteiger partial charge in [0.2, 0.25) is 0 Å². The average molecular weight is 254 g/mol. The second kappa shape index (κ2) is 4.98. The van der Waals surface area contributed by atoms with Crippen molar-refractivity contribution in [3.8, 4) is 6.07 Å². The molecule has 19 heavy (non-hydrogen) atoms. The Bertz CT molecular complexity index is 496. The molecule has 0 bridgehead atoms. The van der Waals surface area contributed by atoms with Crippen LogP contribution in [0.15, 0.2) is 24.3 Å². The Morgan fingerprint density at radius 3 is 2.68 bits per heavy atom. The van der Waals surface area contributed by atoms with Crippen LogP contribution in [0.3, 0.4) is 0 Å². The summed E-state index contributed by atoms with van der Waals surface area (Å²) in [5, 5.41) is 13.5. The van der Waals surface area contributed by atoms with Crippen LogP contribution in [0.5, 0.6) is 0 Å². The highest BCUT2D eigenvalue weighted by molar-refractivity contribution is 5.43. The standard InChI is InChI=1S/C17H22N2/c1-13-10-11-17(12-18,19-14-6-2-3-7-14)16-9-5-4-8-15(13)16/h4-5,8-9,13-14,19H,2-3,6-7,10-11H2,1H3. The zero-order chi connectivity index (χ0) is 13.3. The van der Waals surface area contributed by atoms with E-state index >= 15 is 0 Å². The molecular weight excluding hydrogens is 232 g/mol. The monoisotopic (exact) mass is 254 g/mol. The third-order valence-corrected chi connectivity index (χ3v) is 4.90. The van der Waals surface area contributed by atoms with Crippen LogP contribution in [0.25, 0.3) is 0 Å². The van der Waals surface area contributed by atoms with Crippen molar-refractivity contribution in [2.75, 3.05) is 0 Å². The normalized spacial score (nSPS) is 30.8. The molecule has 0 radical (unpaired) electrons. The number of rotatable bonds is 2. The van der Waals surface area contributed by atoms with Crippen molar-refractivity contribution < 1.29 is 0 Å². The number of fused-ring (bicyclic) bond motifs is 1. The minimum atomic E-state index is -0.446. The number of hydrogen-bond acceptors (Lipinski definition) is 2. The molecule has 2 nitrogen and oxygen atoms in total. The molecule has 0 amide bonds. The lowest BCUT2D eigenvalue weighted by Crippen LogP contribution is -2.48. The largest absolute Gasteiger partial charge is 0.293 e. The van der Waals surface area contributed by atoms with Crippen molar-refractivity contribution in [2.24, 2.45) is 0 Å². The fourth-order valence-corrected chi connectivity index (χ4v) is 3.76. The summed E-state index contributed by atoms with van der Waals surface area (Å²) < 4.78 is 0. The summed E-state index contributed by atoms with van der Waals surface area (Å²) in [7, 11) is 0. The third kappa shape index (κ3) is 2.17. The number of hydrogen-bond donors (Lipinski definition) is 1. The first-order valence-corrected chi connectivity index (χ1v) is 7.53. The Balaban J connectivity index is 1.97. The molecule has 3 rings (SSSR count). The molecule has 1 aromatic carbocycles. The maximum Gasteiger partial charge on any atom is 0.132 e. The molecular formula is C17H22N2. The maximum absolute atomic E-state index is 9.82. The highest BCUT2D eigenvalue weighted by Crippen LogP contribution is 2.41. The SMILES string of the molecule is CC1CCC(C#N)(NC2CCCC2)c2ccccc21. The minimum absolute atomic E-state index is 0.446. The van der Waals surface area contributed by atoms with Gasteiger partial charge in [-0.2, -0.15) is 5.26 Å². The van der Waals surface area contributed by atoms with Gasteiger partial charge in [-0.3, -0.25) is 5.32 Å². The summed E-state index contributed by atoms with van der Waals surface area (Å²) in [4.78, 5) is 0. The van der Waals surface area contributed by atoms with Gasteiger partial charge in [0.1, 0.15) is 5.54 Å². The minimum Gasteiger partial charge on any atom is -0.293 e. The van der Waals surface area contributed by atoms with Crippen molar-refractivity contribution in [1.82, 2.24) is 5.32 Å². The molecule has 1 aromatic rings. The zero-order valence-electron chi connectivity index (χ0n) is 11.7. The van der Waals surface area contributed by atoms with Crippen molar-refractivity contribution in [2.45, 2.75) is 62.9 Å². The summed E-state index contributed by atoms with van der Waals surface area (Å²) in [6.07, 6.45) is 7.10. The van der Waals surface area contributed by atoms with E-state index in [0.717, 1.165) is 12.8 Å². The maximum atomic E-state index is 9.82. The molecule has 0 heterocycles. The van der Waals surface area contributed by atoms with Gasteiger partial charge >= 0.3 is 0 Å². The van der Waals surface area contributed by atoms with E-state index in [2.05, 4.69) is 42.6 Å². The first kappa shape index (κ1) is 12.7. The van der Waals surface area contributed by atoms with Gasteiger partial charge in [-0.25, -0.2) is 0 Å². The molecule has 2 atom stereocenters. The van der Waals surface area contributed by atoms with Crippen LogP contribution in [-0.2, 0) is 5.54 Å². The topological polar surface area (TPSA) is 35.8 Å². The van der Waals surface area contributed by atoms with Gasteiger partial charge in [0.25, 0.3) is 0 Å². The fourth-order valence-electron chi connectivity index (χ4n) is 3.76. The predicted octanol–water partition coefficient (Wildman–Crippen LogP) is 3.83. The van der Waals surface area contributed by atoms with Crippen LogP contribution in [0.2, 0.25) is 0 Å². The van der Waals surface area contributed by atoms with Crippen molar-refractivity contribution in [3.63, 3.8) is 0 Å². The Morgan fingerprint density at radius 2 is 1.95 bits per heavy atom. The molecule has 0 aromatic heterocycles. The highest BCUT2D eigenvalue weighted by atomic mass is 15.0. The summed E-state index contributed by atoms with van der Waals surface area (Å²) in [5.41, 5.74) is 2.14. The van der Waals surface area contributed by atoms with Crippen molar-refractivity contribution in [1.29, 1.82) is 5.26 Å². The Kier molecular flexibility index (Phi) is 3.33. The van der Waals surface area contributed by atoms with Crippen molar-refractivity contribution >= 4 is 0 Å². The van der Waals surface area contributed by atoms with Crippen molar-refractivity contribution in [3.05, 3.63) is 35.4 Å². The first-order chi connectivity index (χ1) is 9.25. The molecule has 1 N–H and O–H groups in total. The summed E-state index contributed by atoms with van der Waals surface area (Å²) in [5.74, 6) is 0.572. The van der Waals surface area contributed by atoms with Gasteiger partial charge in [-0.05, 0) is 42.7 Å². The van der Waals surface area contributed by atoms with Crippen LogP contribution < -0.4 is 5.32 Å². The molecule has 1 saturated carbocycles. The van der Waals surface area contributed by atoms with Crippen LogP contribution in [0.4, 0.5) is 0 Å². The van der Waals surface area contributed by atoms with E-state index in [0.29, 0.717) is 12.0 Å². The molecule has 2 heteroatoms. The molecule has 0 saturated heterocycles. The average Bonchev–Trinajstić information content (AvgIpc) is 2.95. The Morgan fingerprint density at radius 1 is 1.21 bits per heavy atom. The Labute approximate surface area is 115 Å². The van der Waals surface area contributed by atoms with E-state index in [9.17, 15) is 5.26 Å². The predicted molar refractivity (Wildman–Crippen MR) is 76.8 cm³/mol. The number of nitrogens with one attached hydrogen (secondary N) is 1. The second-order valence-electron chi connectivity index (χ2n) is 6.17. The van der Waals surface area contributed by atoms with Gasteiger partial charge < -0.3 is 0 Å². The van der Waals surface area contributed by atoms with E-state index in [1.165, 1.54) is 36.8 Å². The molecule has 100 valence electrons. The van der Waals surface area contributed by atoms with E-state index in [4.69, 9.17) is 0 Å². The number of nitriles is 1. The summed E-state index contributed by atoms with van der Waals surface area (Å²) in [6.45, 7) is 2.27. The second-order valence-corrected chi connectivity index (χ2v) is 6.17.